The van der Waals surface area contributed by atoms with Gasteiger partial charge in [-0.1, -0.05) is 15.9 Å². The van der Waals surface area contributed by atoms with Crippen LogP contribution in [0.25, 0.3) is 0 Å². The Balaban J connectivity index is 2.38. The summed E-state index contributed by atoms with van der Waals surface area (Å²) in [5.41, 5.74) is 11.1. The summed E-state index contributed by atoms with van der Waals surface area (Å²) in [5, 5.41) is 2.55. The van der Waals surface area contributed by atoms with Crippen molar-refractivity contribution in [3.63, 3.8) is 0 Å². The SMILES string of the molecule is NC(=O)c1ccc(Nc2c(F)cc(Br)cc2F)c(N)c1. The summed E-state index contributed by atoms with van der Waals surface area (Å²) in [6.07, 6.45) is 0. The van der Waals surface area contributed by atoms with Crippen molar-refractivity contribution in [1.82, 2.24) is 0 Å². The lowest BCUT2D eigenvalue weighted by Crippen LogP contribution is -2.11. The zero-order chi connectivity index (χ0) is 14.9. The lowest BCUT2D eigenvalue weighted by molar-refractivity contribution is 0.100. The Bertz CT molecular complexity index is 668. The standard InChI is InChI=1S/C13H10BrF2N3O/c14-7-4-8(15)12(9(16)5-7)19-11-2-1-6(13(18)20)3-10(11)17/h1-5,19H,17H2,(H2,18,20). The number of nitrogen functional groups attached to an aromatic ring is 1. The summed E-state index contributed by atoms with van der Waals surface area (Å²) < 4.78 is 27.7. The highest BCUT2D eigenvalue weighted by Crippen LogP contribution is 2.29. The first-order valence-electron chi connectivity index (χ1n) is 5.49. The van der Waals surface area contributed by atoms with E-state index >= 15 is 0 Å². The smallest absolute Gasteiger partial charge is 0.248 e. The van der Waals surface area contributed by atoms with Crippen molar-refractivity contribution in [2.45, 2.75) is 0 Å². The molecular weight excluding hydrogens is 332 g/mol. The first-order valence-corrected chi connectivity index (χ1v) is 6.28. The summed E-state index contributed by atoms with van der Waals surface area (Å²) in [5.74, 6) is -2.17. The highest BCUT2D eigenvalue weighted by molar-refractivity contribution is 9.10. The Kier molecular flexibility index (Phi) is 3.89. The van der Waals surface area contributed by atoms with E-state index < -0.39 is 17.5 Å². The molecule has 0 unspecified atom stereocenters. The van der Waals surface area contributed by atoms with Crippen molar-refractivity contribution in [3.05, 3.63) is 52.0 Å². The normalized spacial score (nSPS) is 10.3. The van der Waals surface area contributed by atoms with Crippen molar-refractivity contribution < 1.29 is 13.6 Å². The second-order valence-corrected chi connectivity index (χ2v) is 4.95. The molecule has 0 heterocycles. The fourth-order valence-corrected chi connectivity index (χ4v) is 2.03. The highest BCUT2D eigenvalue weighted by atomic mass is 79.9. The molecule has 0 saturated carbocycles. The van der Waals surface area contributed by atoms with Crippen LogP contribution in [0.1, 0.15) is 10.4 Å². The van der Waals surface area contributed by atoms with E-state index in [0.29, 0.717) is 0 Å². The molecule has 2 aromatic rings. The molecule has 0 spiro atoms. The van der Waals surface area contributed by atoms with Gasteiger partial charge in [-0.05, 0) is 30.3 Å². The Morgan fingerprint density at radius 1 is 1.15 bits per heavy atom. The van der Waals surface area contributed by atoms with Gasteiger partial charge in [-0.25, -0.2) is 8.78 Å². The van der Waals surface area contributed by atoms with E-state index in [4.69, 9.17) is 11.5 Å². The number of nitrogens with one attached hydrogen (secondary N) is 1. The van der Waals surface area contributed by atoms with E-state index in [-0.39, 0.29) is 27.1 Å². The number of benzene rings is 2. The van der Waals surface area contributed by atoms with Gasteiger partial charge in [0.2, 0.25) is 5.91 Å². The van der Waals surface area contributed by atoms with Gasteiger partial charge in [-0.3, -0.25) is 4.79 Å². The molecule has 0 aliphatic heterocycles. The molecular formula is C13H10BrF2N3O. The Morgan fingerprint density at radius 3 is 2.25 bits per heavy atom. The van der Waals surface area contributed by atoms with E-state index in [1.165, 1.54) is 18.2 Å². The third-order valence-corrected chi connectivity index (χ3v) is 3.06. The maximum Gasteiger partial charge on any atom is 0.248 e. The second kappa shape index (κ2) is 5.46. The lowest BCUT2D eigenvalue weighted by Gasteiger charge is -2.12. The van der Waals surface area contributed by atoms with Crippen LogP contribution < -0.4 is 16.8 Å². The van der Waals surface area contributed by atoms with Crippen molar-refractivity contribution in [1.29, 1.82) is 0 Å². The van der Waals surface area contributed by atoms with Gasteiger partial charge in [-0.15, -0.1) is 0 Å². The van der Waals surface area contributed by atoms with Crippen LogP contribution in [-0.2, 0) is 0 Å². The first-order chi connectivity index (χ1) is 9.38. The van der Waals surface area contributed by atoms with Gasteiger partial charge in [-0.2, -0.15) is 0 Å². The van der Waals surface area contributed by atoms with Crippen LogP contribution in [-0.4, -0.2) is 5.91 Å². The second-order valence-electron chi connectivity index (χ2n) is 4.04. The number of amides is 1. The van der Waals surface area contributed by atoms with Crippen molar-refractivity contribution in [3.8, 4) is 0 Å². The molecule has 1 amide bonds. The number of nitrogens with two attached hydrogens (primary N) is 2. The van der Waals surface area contributed by atoms with E-state index in [9.17, 15) is 13.6 Å². The minimum absolute atomic E-state index is 0.156. The van der Waals surface area contributed by atoms with Crippen LogP contribution >= 0.6 is 15.9 Å². The van der Waals surface area contributed by atoms with Gasteiger partial charge in [0.05, 0.1) is 11.4 Å². The van der Waals surface area contributed by atoms with Crippen molar-refractivity contribution in [2.24, 2.45) is 5.73 Å². The van der Waals surface area contributed by atoms with Crippen LogP contribution in [0, 0.1) is 11.6 Å². The third kappa shape index (κ3) is 2.88. The van der Waals surface area contributed by atoms with E-state index in [0.717, 1.165) is 12.1 Å². The van der Waals surface area contributed by atoms with Crippen LogP contribution in [0.5, 0.6) is 0 Å². The molecule has 0 fully saturated rings. The predicted molar refractivity (Wildman–Crippen MR) is 76.7 cm³/mol. The minimum Gasteiger partial charge on any atom is -0.397 e. The zero-order valence-electron chi connectivity index (χ0n) is 10.1. The molecule has 0 aliphatic rings. The van der Waals surface area contributed by atoms with Crippen LogP contribution in [0.2, 0.25) is 0 Å². The largest absolute Gasteiger partial charge is 0.397 e. The highest BCUT2D eigenvalue weighted by Gasteiger charge is 2.12. The van der Waals surface area contributed by atoms with Gasteiger partial charge in [0, 0.05) is 10.0 Å². The molecule has 0 saturated heterocycles. The average Bonchev–Trinajstić information content (AvgIpc) is 2.34. The van der Waals surface area contributed by atoms with Gasteiger partial charge >= 0.3 is 0 Å². The summed E-state index contributed by atoms with van der Waals surface area (Å²) in [4.78, 5) is 11.0. The molecule has 0 atom stereocenters. The number of carbonyl (C=O) groups is 1. The minimum atomic E-state index is -0.768. The van der Waals surface area contributed by atoms with Gasteiger partial charge in [0.15, 0.2) is 11.6 Å². The van der Waals surface area contributed by atoms with Crippen LogP contribution in [0.3, 0.4) is 0 Å². The summed E-state index contributed by atoms with van der Waals surface area (Å²) in [7, 11) is 0. The molecule has 4 nitrogen and oxygen atoms in total. The molecule has 20 heavy (non-hydrogen) atoms. The fourth-order valence-electron chi connectivity index (χ4n) is 1.63. The molecule has 0 radical (unpaired) electrons. The molecule has 0 bridgehead atoms. The number of halogens is 3. The molecule has 104 valence electrons. The number of rotatable bonds is 3. The average molecular weight is 342 g/mol. The van der Waals surface area contributed by atoms with Crippen molar-refractivity contribution >= 4 is 38.9 Å². The first kappa shape index (κ1) is 14.3. The Hall–Kier alpha value is -2.15. The quantitative estimate of drug-likeness (QED) is 0.750. The van der Waals surface area contributed by atoms with E-state index in [1.807, 2.05) is 0 Å². The molecule has 2 rings (SSSR count). The fraction of sp³-hybridized carbons (Fsp3) is 0. The maximum atomic E-state index is 13.7. The number of hydrogen-bond acceptors (Lipinski definition) is 3. The summed E-state index contributed by atoms with van der Waals surface area (Å²) >= 11 is 2.99. The summed E-state index contributed by atoms with van der Waals surface area (Å²) in [6, 6.07) is 6.42. The maximum absolute atomic E-state index is 13.7. The van der Waals surface area contributed by atoms with Gasteiger partial charge < -0.3 is 16.8 Å². The summed E-state index contributed by atoms with van der Waals surface area (Å²) in [6.45, 7) is 0. The number of anilines is 3. The Morgan fingerprint density at radius 2 is 1.75 bits per heavy atom. The van der Waals surface area contributed by atoms with Gasteiger partial charge in [0.1, 0.15) is 5.69 Å². The predicted octanol–water partition coefficient (Wildman–Crippen LogP) is 3.15. The van der Waals surface area contributed by atoms with E-state index in [1.54, 1.807) is 0 Å². The molecule has 5 N–H and O–H groups in total. The lowest BCUT2D eigenvalue weighted by atomic mass is 10.1. The van der Waals surface area contributed by atoms with E-state index in [2.05, 4.69) is 21.2 Å². The Labute approximate surface area is 121 Å². The van der Waals surface area contributed by atoms with Crippen LogP contribution in [0.15, 0.2) is 34.8 Å². The number of hydrogen-bond donors (Lipinski definition) is 3. The number of carbonyl (C=O) groups excluding carboxylic acids is 1. The van der Waals surface area contributed by atoms with Crippen molar-refractivity contribution in [2.75, 3.05) is 11.1 Å². The molecule has 7 heteroatoms. The molecule has 2 aromatic carbocycles. The molecule has 0 aliphatic carbocycles. The monoisotopic (exact) mass is 341 g/mol. The third-order valence-electron chi connectivity index (χ3n) is 2.60. The topological polar surface area (TPSA) is 81.1 Å². The zero-order valence-corrected chi connectivity index (χ0v) is 11.7. The number of primary amides is 1. The van der Waals surface area contributed by atoms with Crippen LogP contribution in [0.4, 0.5) is 25.8 Å². The molecule has 0 aromatic heterocycles. The van der Waals surface area contributed by atoms with Gasteiger partial charge in [0.25, 0.3) is 0 Å².